The van der Waals surface area contributed by atoms with E-state index < -0.39 is 0 Å². The Kier molecular flexibility index (Phi) is 15.4. The van der Waals surface area contributed by atoms with Gasteiger partial charge in [0, 0.05) is 61.3 Å². The van der Waals surface area contributed by atoms with Crippen molar-refractivity contribution in [2.75, 3.05) is 10.6 Å². The molecule has 0 aromatic heterocycles. The number of phenolic OH excluding ortho intramolecular Hbond substituents is 2. The number of carbonyl (C=O) groups is 2. The molecule has 6 heteroatoms. The van der Waals surface area contributed by atoms with Crippen molar-refractivity contribution in [1.29, 1.82) is 0 Å². The number of anilines is 2. The fourth-order valence-corrected chi connectivity index (χ4v) is 8.86. The summed E-state index contributed by atoms with van der Waals surface area (Å²) in [7, 11) is 0. The second kappa shape index (κ2) is 23.7. The highest BCUT2D eigenvalue weighted by molar-refractivity contribution is 6.06. The van der Waals surface area contributed by atoms with Crippen molar-refractivity contribution in [3.05, 3.63) is 309 Å². The first kappa shape index (κ1) is 51.5. The zero-order valence-electron chi connectivity index (χ0n) is 43.3. The van der Waals surface area contributed by atoms with Crippen LogP contribution in [0.4, 0.5) is 11.4 Å². The third kappa shape index (κ3) is 12.7. The van der Waals surface area contributed by atoms with E-state index in [1.165, 1.54) is 12.1 Å². The van der Waals surface area contributed by atoms with Crippen molar-refractivity contribution in [2.45, 2.75) is 19.3 Å². The molecule has 0 saturated heterocycles. The van der Waals surface area contributed by atoms with Crippen LogP contribution in [-0.2, 0) is 5.41 Å². The zero-order chi connectivity index (χ0) is 54.6. The van der Waals surface area contributed by atoms with Gasteiger partial charge in [0.1, 0.15) is 11.5 Å². The number of rotatable bonds is 8. The topological polar surface area (TPSA) is 98.7 Å². The van der Waals surface area contributed by atoms with Gasteiger partial charge in [-0.25, -0.2) is 0 Å². The molecule has 0 saturated carbocycles. The zero-order valence-corrected chi connectivity index (χ0v) is 43.3. The number of nitrogens with one attached hydrogen (secondary N) is 2. The Balaban J connectivity index is 0.887. The van der Waals surface area contributed by atoms with E-state index in [0.717, 1.165) is 66.8 Å². The summed E-state index contributed by atoms with van der Waals surface area (Å²) >= 11 is 0. The number of phenols is 2. The number of aromatic hydroxyl groups is 2. The second-order valence-electron chi connectivity index (χ2n) is 19.1. The van der Waals surface area contributed by atoms with Crippen LogP contribution < -0.4 is 10.6 Å². The molecule has 0 unspecified atom stereocenters. The Morgan fingerprint density at radius 3 is 0.987 bits per heavy atom. The van der Waals surface area contributed by atoms with E-state index in [1.54, 1.807) is 24.3 Å². The third-order valence-corrected chi connectivity index (χ3v) is 13.4. The molecule has 0 aliphatic rings. The molecule has 0 bridgehead atoms. The average molecular weight is 1020 g/mol. The summed E-state index contributed by atoms with van der Waals surface area (Å²) in [6, 6.07) is 76.3. The van der Waals surface area contributed by atoms with Crippen molar-refractivity contribution in [3.8, 4) is 81.1 Å². The Hall–Kier alpha value is -11.0. The lowest BCUT2D eigenvalue weighted by Gasteiger charge is -2.27. The van der Waals surface area contributed by atoms with Gasteiger partial charge >= 0.3 is 0 Å². The largest absolute Gasteiger partial charge is 0.507 e. The molecule has 6 nitrogen and oxygen atoms in total. The highest BCUT2D eigenvalue weighted by atomic mass is 16.3. The molecule has 10 aromatic carbocycles. The van der Waals surface area contributed by atoms with E-state index in [4.69, 9.17) is 0 Å². The molecule has 10 aromatic rings. The van der Waals surface area contributed by atoms with Crippen molar-refractivity contribution in [2.24, 2.45) is 0 Å². The van der Waals surface area contributed by atoms with Crippen LogP contribution in [0.1, 0.15) is 90.2 Å². The summed E-state index contributed by atoms with van der Waals surface area (Å²) in [4.78, 5) is 27.3. The van der Waals surface area contributed by atoms with Gasteiger partial charge in [0.2, 0.25) is 0 Å². The SMILES string of the molecule is CC(C)(c1ccc(-c2ccc(NC(=O)c3ccc(O)c(C#Cc4ccccc4)c3)cc2C#Cc2ccccc2)cc1)c1ccc(-c2ccc(NC(=O)c3ccc(O)c(C#Cc4ccccc4)c3)cc2C#Cc2ccccc2)cc1. The van der Waals surface area contributed by atoms with Crippen LogP contribution in [0.25, 0.3) is 22.3 Å². The average Bonchev–Trinajstić information content (AvgIpc) is 3.54. The Morgan fingerprint density at radius 2 is 0.658 bits per heavy atom. The van der Waals surface area contributed by atoms with Crippen LogP contribution in [0.3, 0.4) is 0 Å². The molecule has 4 N–H and O–H groups in total. The lowest BCUT2D eigenvalue weighted by molar-refractivity contribution is 0.101. The predicted molar refractivity (Wildman–Crippen MR) is 318 cm³/mol. The van der Waals surface area contributed by atoms with Gasteiger partial charge in [-0.1, -0.05) is 195 Å². The van der Waals surface area contributed by atoms with Crippen LogP contribution in [0, 0.1) is 47.4 Å². The molecule has 0 radical (unpaired) electrons. The summed E-state index contributed by atoms with van der Waals surface area (Å²) in [5.74, 6) is 24.7. The fourth-order valence-electron chi connectivity index (χ4n) is 8.86. The van der Waals surface area contributed by atoms with E-state index in [2.05, 4.69) is 120 Å². The fraction of sp³-hybridized carbons (Fsp3) is 0.0411. The molecular formula is C73H50N2O4. The van der Waals surface area contributed by atoms with E-state index in [-0.39, 0.29) is 28.7 Å². The molecule has 0 heterocycles. The number of carbonyl (C=O) groups excluding carboxylic acids is 2. The van der Waals surface area contributed by atoms with Gasteiger partial charge in [-0.15, -0.1) is 0 Å². The first-order chi connectivity index (χ1) is 38.5. The maximum Gasteiger partial charge on any atom is 0.255 e. The summed E-state index contributed by atoms with van der Waals surface area (Å²) in [6.07, 6.45) is 0. The maximum absolute atomic E-state index is 13.7. The summed E-state index contributed by atoms with van der Waals surface area (Å²) < 4.78 is 0. The normalized spacial score (nSPS) is 10.5. The Bertz CT molecular complexity index is 3870. The molecular weight excluding hydrogens is 969 g/mol. The summed E-state index contributed by atoms with van der Waals surface area (Å²) in [6.45, 7) is 4.42. The summed E-state index contributed by atoms with van der Waals surface area (Å²) in [5.41, 5.74) is 13.0. The molecule has 79 heavy (non-hydrogen) atoms. The van der Waals surface area contributed by atoms with E-state index in [0.29, 0.717) is 33.6 Å². The van der Waals surface area contributed by atoms with Gasteiger partial charge in [-0.3, -0.25) is 9.59 Å². The quantitative estimate of drug-likeness (QED) is 0.114. The Morgan fingerprint density at radius 1 is 0.342 bits per heavy atom. The lowest BCUT2D eigenvalue weighted by Crippen LogP contribution is -2.18. The molecule has 0 aliphatic carbocycles. The minimum atomic E-state index is -0.381. The van der Waals surface area contributed by atoms with Crippen LogP contribution in [0.5, 0.6) is 11.5 Å². The summed E-state index contributed by atoms with van der Waals surface area (Å²) in [5, 5.41) is 27.2. The highest BCUT2D eigenvalue weighted by Gasteiger charge is 2.24. The van der Waals surface area contributed by atoms with Gasteiger partial charge < -0.3 is 20.8 Å². The highest BCUT2D eigenvalue weighted by Crippen LogP contribution is 2.36. The molecule has 0 aliphatic heterocycles. The predicted octanol–water partition coefficient (Wildman–Crippen LogP) is 14.9. The molecule has 0 fully saturated rings. The number of hydrogen-bond acceptors (Lipinski definition) is 4. The van der Waals surface area contributed by atoms with Crippen LogP contribution in [-0.4, -0.2) is 22.0 Å². The molecule has 376 valence electrons. The van der Waals surface area contributed by atoms with Crippen molar-refractivity contribution in [3.63, 3.8) is 0 Å². The first-order valence-electron chi connectivity index (χ1n) is 25.6. The smallest absolute Gasteiger partial charge is 0.255 e. The van der Waals surface area contributed by atoms with Gasteiger partial charge in [0.05, 0.1) is 11.1 Å². The van der Waals surface area contributed by atoms with E-state index in [9.17, 15) is 19.8 Å². The van der Waals surface area contributed by atoms with E-state index >= 15 is 0 Å². The van der Waals surface area contributed by atoms with Crippen molar-refractivity contribution in [1.82, 2.24) is 0 Å². The molecule has 0 spiro atoms. The minimum Gasteiger partial charge on any atom is -0.507 e. The van der Waals surface area contributed by atoms with Crippen LogP contribution in [0.15, 0.2) is 243 Å². The van der Waals surface area contributed by atoms with Gasteiger partial charge in [0.25, 0.3) is 11.8 Å². The number of amides is 2. The maximum atomic E-state index is 13.7. The van der Waals surface area contributed by atoms with Crippen molar-refractivity contribution < 1.29 is 19.8 Å². The van der Waals surface area contributed by atoms with Crippen molar-refractivity contribution >= 4 is 23.2 Å². The van der Waals surface area contributed by atoms with Gasteiger partial charge in [0.15, 0.2) is 0 Å². The van der Waals surface area contributed by atoms with Crippen LogP contribution >= 0.6 is 0 Å². The second-order valence-corrected chi connectivity index (χ2v) is 19.1. The first-order valence-corrected chi connectivity index (χ1v) is 25.6. The van der Waals surface area contributed by atoms with Gasteiger partial charge in [-0.2, -0.15) is 0 Å². The van der Waals surface area contributed by atoms with Crippen LogP contribution in [0.2, 0.25) is 0 Å². The number of benzene rings is 10. The number of hydrogen-bond donors (Lipinski definition) is 4. The molecule has 2 amide bonds. The monoisotopic (exact) mass is 1020 g/mol. The molecule has 0 atom stereocenters. The van der Waals surface area contributed by atoms with E-state index in [1.807, 2.05) is 158 Å². The lowest BCUT2D eigenvalue weighted by atomic mass is 9.77. The standard InChI is InChI=1S/C73H50N2O4/c1-73(2,63-37-31-55(32-38-63)67-43-41-65(49-57(67)27-23-51-15-7-3-8-16-51)74-71(78)61-35-45-69(76)59(47-61)29-25-53-19-11-5-12-20-53)64-39-33-56(34-40-64)68-44-42-66(50-58(68)28-24-52-17-9-4-10-18-52)75-72(79)62-36-46-70(77)60(48-62)30-26-54-21-13-6-14-22-54/h3-22,31-50,76-77H,1-2H3,(H,74,78)(H,75,79). The van der Waals surface area contributed by atoms with Gasteiger partial charge in [-0.05, 0) is 143 Å². The molecule has 10 rings (SSSR count). The Labute approximate surface area is 461 Å². The minimum absolute atomic E-state index is 0.00655. The third-order valence-electron chi connectivity index (χ3n) is 13.4.